The van der Waals surface area contributed by atoms with Crippen LogP contribution < -0.4 is 10.2 Å². The van der Waals surface area contributed by atoms with Crippen LogP contribution in [0.4, 0.5) is 11.6 Å². The third-order valence-corrected chi connectivity index (χ3v) is 5.55. The Labute approximate surface area is 122 Å². The van der Waals surface area contributed by atoms with E-state index < -0.39 is 9.84 Å². The van der Waals surface area contributed by atoms with Crippen molar-refractivity contribution in [3.8, 4) is 0 Å². The summed E-state index contributed by atoms with van der Waals surface area (Å²) in [6.45, 7) is 0. The first-order valence-electron chi connectivity index (χ1n) is 5.81. The summed E-state index contributed by atoms with van der Waals surface area (Å²) in [6, 6.07) is 1.51. The van der Waals surface area contributed by atoms with Gasteiger partial charge >= 0.3 is 0 Å². The van der Waals surface area contributed by atoms with Gasteiger partial charge in [-0.3, -0.25) is 0 Å². The average molecular weight is 324 g/mol. The molecule has 1 saturated heterocycles. The number of aromatic nitrogens is 1. The highest BCUT2D eigenvalue weighted by Gasteiger charge is 2.32. The Hall–Kier alpha value is -0.720. The molecule has 1 aromatic heterocycles. The van der Waals surface area contributed by atoms with E-state index in [0.717, 1.165) is 0 Å². The fourth-order valence-electron chi connectivity index (χ4n) is 2.13. The minimum atomic E-state index is -2.94. The molecule has 1 aliphatic rings. The van der Waals surface area contributed by atoms with E-state index in [0.29, 0.717) is 28.1 Å². The van der Waals surface area contributed by atoms with E-state index >= 15 is 0 Å². The third kappa shape index (κ3) is 3.07. The van der Waals surface area contributed by atoms with Gasteiger partial charge in [0, 0.05) is 20.1 Å². The highest BCUT2D eigenvalue weighted by molar-refractivity contribution is 7.91. The highest BCUT2D eigenvalue weighted by atomic mass is 35.5. The van der Waals surface area contributed by atoms with Crippen molar-refractivity contribution in [1.82, 2.24) is 4.98 Å². The van der Waals surface area contributed by atoms with Gasteiger partial charge in [0.15, 0.2) is 9.84 Å². The predicted molar refractivity (Wildman–Crippen MR) is 79.3 cm³/mol. The van der Waals surface area contributed by atoms with Crippen LogP contribution in [-0.4, -0.2) is 45.0 Å². The van der Waals surface area contributed by atoms with Crippen LogP contribution in [0.1, 0.15) is 6.42 Å². The molecule has 1 aliphatic heterocycles. The monoisotopic (exact) mass is 323 g/mol. The molecule has 0 aliphatic carbocycles. The number of nitrogens with zero attached hydrogens (tertiary/aromatic N) is 2. The first-order chi connectivity index (χ1) is 8.84. The van der Waals surface area contributed by atoms with Gasteiger partial charge in [-0.05, 0) is 12.5 Å². The second-order valence-electron chi connectivity index (χ2n) is 4.54. The maximum atomic E-state index is 11.5. The van der Waals surface area contributed by atoms with Crippen LogP contribution in [0.25, 0.3) is 0 Å². The predicted octanol–water partition coefficient (Wildman–Crippen LogP) is 2.05. The van der Waals surface area contributed by atoms with Gasteiger partial charge in [0.2, 0.25) is 0 Å². The zero-order chi connectivity index (χ0) is 14.2. The van der Waals surface area contributed by atoms with Crippen molar-refractivity contribution in [3.63, 3.8) is 0 Å². The van der Waals surface area contributed by atoms with Gasteiger partial charge in [-0.25, -0.2) is 13.4 Å². The fourth-order valence-corrected chi connectivity index (χ4v) is 4.49. The molecule has 2 rings (SSSR count). The van der Waals surface area contributed by atoms with Crippen molar-refractivity contribution in [2.24, 2.45) is 0 Å². The Morgan fingerprint density at radius 3 is 2.63 bits per heavy atom. The number of rotatable bonds is 3. The molecule has 8 heteroatoms. The number of halogens is 2. The standard InChI is InChI=1S/C11H15Cl2N3O2S/c1-14-10-8(12)5-9(13)11(15-10)16(2)7-3-4-19(17,18)6-7/h5,7H,3-4,6H2,1-2H3,(H,14,15). The van der Waals surface area contributed by atoms with Gasteiger partial charge in [-0.2, -0.15) is 0 Å². The number of hydrogen-bond donors (Lipinski definition) is 1. The Morgan fingerprint density at radius 1 is 1.42 bits per heavy atom. The third-order valence-electron chi connectivity index (χ3n) is 3.24. The number of anilines is 2. The Bertz CT molecular complexity index is 592. The summed E-state index contributed by atoms with van der Waals surface area (Å²) in [4.78, 5) is 6.15. The first-order valence-corrected chi connectivity index (χ1v) is 8.39. The summed E-state index contributed by atoms with van der Waals surface area (Å²) in [5, 5.41) is 3.72. The fraction of sp³-hybridized carbons (Fsp3) is 0.545. The highest BCUT2D eigenvalue weighted by Crippen LogP contribution is 2.33. The quantitative estimate of drug-likeness (QED) is 0.922. The van der Waals surface area contributed by atoms with Crippen LogP contribution in [0.3, 0.4) is 0 Å². The van der Waals surface area contributed by atoms with E-state index in [-0.39, 0.29) is 17.5 Å². The van der Waals surface area contributed by atoms with Gasteiger partial charge in [0.1, 0.15) is 11.6 Å². The van der Waals surface area contributed by atoms with Crippen LogP contribution in [-0.2, 0) is 9.84 Å². The lowest BCUT2D eigenvalue weighted by Crippen LogP contribution is -2.33. The smallest absolute Gasteiger partial charge is 0.152 e. The average Bonchev–Trinajstić information content (AvgIpc) is 2.69. The van der Waals surface area contributed by atoms with Gasteiger partial charge < -0.3 is 10.2 Å². The Balaban J connectivity index is 2.31. The van der Waals surface area contributed by atoms with Gasteiger partial charge in [-0.1, -0.05) is 23.2 Å². The van der Waals surface area contributed by atoms with Crippen molar-refractivity contribution >= 4 is 44.7 Å². The second kappa shape index (κ2) is 5.34. The topological polar surface area (TPSA) is 62.3 Å². The summed E-state index contributed by atoms with van der Waals surface area (Å²) >= 11 is 12.1. The summed E-state index contributed by atoms with van der Waals surface area (Å²) < 4.78 is 23.1. The molecule has 1 atom stereocenters. The van der Waals surface area contributed by atoms with Crippen molar-refractivity contribution in [2.45, 2.75) is 12.5 Å². The zero-order valence-corrected chi connectivity index (χ0v) is 13.0. The molecule has 0 saturated carbocycles. The van der Waals surface area contributed by atoms with E-state index in [1.165, 1.54) is 0 Å². The minimum absolute atomic E-state index is 0.0964. The number of sulfone groups is 1. The second-order valence-corrected chi connectivity index (χ2v) is 7.59. The van der Waals surface area contributed by atoms with E-state index in [1.807, 2.05) is 4.90 Å². The first kappa shape index (κ1) is 14.7. The Morgan fingerprint density at radius 2 is 2.11 bits per heavy atom. The van der Waals surface area contributed by atoms with Gasteiger partial charge in [0.25, 0.3) is 0 Å². The van der Waals surface area contributed by atoms with Crippen LogP contribution in [0.5, 0.6) is 0 Å². The number of nitrogens with one attached hydrogen (secondary N) is 1. The molecule has 1 fully saturated rings. The van der Waals surface area contributed by atoms with E-state index in [1.54, 1.807) is 20.2 Å². The lowest BCUT2D eigenvalue weighted by Gasteiger charge is -2.26. The molecular formula is C11H15Cl2N3O2S. The maximum Gasteiger partial charge on any atom is 0.152 e. The Kier molecular flexibility index (Phi) is 4.13. The molecule has 19 heavy (non-hydrogen) atoms. The van der Waals surface area contributed by atoms with Crippen LogP contribution in [0.15, 0.2) is 6.07 Å². The van der Waals surface area contributed by atoms with Crippen LogP contribution >= 0.6 is 23.2 Å². The lowest BCUT2D eigenvalue weighted by atomic mass is 10.2. The lowest BCUT2D eigenvalue weighted by molar-refractivity contribution is 0.600. The molecule has 2 heterocycles. The minimum Gasteiger partial charge on any atom is -0.372 e. The molecule has 0 spiro atoms. The molecule has 0 radical (unpaired) electrons. The van der Waals surface area contributed by atoms with Gasteiger partial charge in [0.05, 0.1) is 21.6 Å². The zero-order valence-electron chi connectivity index (χ0n) is 10.7. The molecule has 1 N–H and O–H groups in total. The van der Waals surface area contributed by atoms with Crippen molar-refractivity contribution in [2.75, 3.05) is 35.8 Å². The molecule has 5 nitrogen and oxygen atoms in total. The molecule has 106 valence electrons. The van der Waals surface area contributed by atoms with E-state index in [9.17, 15) is 8.42 Å². The van der Waals surface area contributed by atoms with Gasteiger partial charge in [-0.15, -0.1) is 0 Å². The van der Waals surface area contributed by atoms with E-state index in [4.69, 9.17) is 23.2 Å². The molecule has 1 unspecified atom stereocenters. The summed E-state index contributed by atoms with van der Waals surface area (Å²) in [5.41, 5.74) is 0. The normalized spacial score (nSPS) is 21.4. The largest absolute Gasteiger partial charge is 0.372 e. The van der Waals surface area contributed by atoms with Crippen LogP contribution in [0, 0.1) is 0 Å². The van der Waals surface area contributed by atoms with Crippen LogP contribution in [0.2, 0.25) is 10.0 Å². The number of hydrogen-bond acceptors (Lipinski definition) is 5. The summed E-state index contributed by atoms with van der Waals surface area (Å²) in [6.07, 6.45) is 0.592. The SMILES string of the molecule is CNc1nc(N(C)C2CCS(=O)(=O)C2)c(Cl)cc1Cl. The maximum absolute atomic E-state index is 11.5. The van der Waals surface area contributed by atoms with Crippen molar-refractivity contribution in [3.05, 3.63) is 16.1 Å². The molecule has 1 aromatic rings. The molecule has 0 amide bonds. The summed E-state index contributed by atoms with van der Waals surface area (Å²) in [5.74, 6) is 1.41. The molecule has 0 bridgehead atoms. The molecular weight excluding hydrogens is 309 g/mol. The number of pyridine rings is 1. The van der Waals surface area contributed by atoms with Crippen molar-refractivity contribution < 1.29 is 8.42 Å². The summed E-state index contributed by atoms with van der Waals surface area (Å²) in [7, 11) is 0.573. The molecule has 0 aromatic carbocycles. The van der Waals surface area contributed by atoms with Crippen molar-refractivity contribution in [1.29, 1.82) is 0 Å². The van der Waals surface area contributed by atoms with E-state index in [2.05, 4.69) is 10.3 Å².